The number of aliphatic hydroxyl groups excluding tert-OH is 1. The molecule has 102 valence electrons. The number of aliphatic hydroxyl groups is 1. The van der Waals surface area contributed by atoms with Crippen molar-refractivity contribution in [1.82, 2.24) is 9.88 Å². The van der Waals surface area contributed by atoms with Gasteiger partial charge in [-0.25, -0.2) is 8.78 Å². The molecule has 1 aromatic carbocycles. The largest absolute Gasteiger partial charge is 0.395 e. The smallest absolute Gasteiger partial charge is 0.251 e. The van der Waals surface area contributed by atoms with E-state index < -0.39 is 6.43 Å². The highest BCUT2D eigenvalue weighted by atomic mass is 19.3. The normalized spacial score (nSPS) is 11.6. The van der Waals surface area contributed by atoms with Crippen molar-refractivity contribution in [3.63, 3.8) is 0 Å². The van der Waals surface area contributed by atoms with E-state index in [0.29, 0.717) is 6.54 Å². The van der Waals surface area contributed by atoms with Crippen molar-refractivity contribution in [3.05, 3.63) is 42.1 Å². The van der Waals surface area contributed by atoms with Gasteiger partial charge in [0, 0.05) is 24.7 Å². The van der Waals surface area contributed by atoms with Crippen molar-refractivity contribution < 1.29 is 13.9 Å². The molecule has 0 aliphatic carbocycles. The van der Waals surface area contributed by atoms with Crippen LogP contribution in [0.4, 0.5) is 8.78 Å². The van der Waals surface area contributed by atoms with Crippen LogP contribution >= 0.6 is 0 Å². The van der Waals surface area contributed by atoms with Gasteiger partial charge in [0.15, 0.2) is 0 Å². The van der Waals surface area contributed by atoms with Crippen molar-refractivity contribution in [1.29, 1.82) is 0 Å². The van der Waals surface area contributed by atoms with Gasteiger partial charge in [-0.2, -0.15) is 0 Å². The van der Waals surface area contributed by atoms with Gasteiger partial charge in [-0.05, 0) is 23.8 Å². The highest BCUT2D eigenvalue weighted by Crippen LogP contribution is 2.15. The van der Waals surface area contributed by atoms with Crippen LogP contribution in [0.1, 0.15) is 5.56 Å². The zero-order chi connectivity index (χ0) is 13.7. The summed E-state index contributed by atoms with van der Waals surface area (Å²) in [6.07, 6.45) is -0.676. The highest BCUT2D eigenvalue weighted by molar-refractivity contribution is 5.78. The van der Waals surface area contributed by atoms with Crippen LogP contribution < -0.4 is 0 Å². The Morgan fingerprint density at radius 1 is 1.26 bits per heavy atom. The first-order valence-corrected chi connectivity index (χ1v) is 6.14. The van der Waals surface area contributed by atoms with E-state index in [0.717, 1.165) is 16.5 Å². The standard InChI is InChI=1S/C14H16F2N2O/c15-14(16)10-18(6-7-19)9-11-3-4-13-12(8-11)2-1-5-17-13/h1-5,8,14,19H,6-7,9-10H2. The molecule has 0 atom stereocenters. The maximum absolute atomic E-state index is 12.4. The molecule has 5 heteroatoms. The number of hydrogen-bond donors (Lipinski definition) is 1. The van der Waals surface area contributed by atoms with Gasteiger partial charge in [0.25, 0.3) is 6.43 Å². The van der Waals surface area contributed by atoms with Gasteiger partial charge in [0.05, 0.1) is 18.7 Å². The zero-order valence-corrected chi connectivity index (χ0v) is 10.5. The average molecular weight is 266 g/mol. The first-order chi connectivity index (χ1) is 9.19. The number of benzene rings is 1. The van der Waals surface area contributed by atoms with Gasteiger partial charge in [0.1, 0.15) is 0 Å². The number of rotatable bonds is 6. The van der Waals surface area contributed by atoms with E-state index in [-0.39, 0.29) is 19.7 Å². The van der Waals surface area contributed by atoms with Gasteiger partial charge >= 0.3 is 0 Å². The number of pyridine rings is 1. The van der Waals surface area contributed by atoms with E-state index in [4.69, 9.17) is 5.11 Å². The van der Waals surface area contributed by atoms with Crippen LogP contribution in [0.15, 0.2) is 36.5 Å². The molecule has 3 nitrogen and oxygen atoms in total. The fraction of sp³-hybridized carbons (Fsp3) is 0.357. The van der Waals surface area contributed by atoms with Gasteiger partial charge < -0.3 is 5.11 Å². The van der Waals surface area contributed by atoms with Crippen molar-refractivity contribution in [2.45, 2.75) is 13.0 Å². The third kappa shape index (κ3) is 3.94. The summed E-state index contributed by atoms with van der Waals surface area (Å²) in [7, 11) is 0. The van der Waals surface area contributed by atoms with E-state index in [1.54, 1.807) is 11.1 Å². The molecule has 1 aromatic heterocycles. The lowest BCUT2D eigenvalue weighted by Gasteiger charge is -2.20. The number of alkyl halides is 2. The van der Waals surface area contributed by atoms with Gasteiger partial charge in [0.2, 0.25) is 0 Å². The van der Waals surface area contributed by atoms with Crippen LogP contribution in [0.3, 0.4) is 0 Å². The maximum atomic E-state index is 12.4. The van der Waals surface area contributed by atoms with E-state index in [1.807, 2.05) is 30.3 Å². The minimum Gasteiger partial charge on any atom is -0.395 e. The Balaban J connectivity index is 2.13. The molecule has 0 bridgehead atoms. The molecule has 0 saturated carbocycles. The summed E-state index contributed by atoms with van der Waals surface area (Å²) in [5.74, 6) is 0. The Kier molecular flexibility index (Phi) is 4.76. The average Bonchev–Trinajstić information content (AvgIpc) is 2.38. The summed E-state index contributed by atoms with van der Waals surface area (Å²) >= 11 is 0. The van der Waals surface area contributed by atoms with Crippen molar-refractivity contribution in [2.24, 2.45) is 0 Å². The summed E-state index contributed by atoms with van der Waals surface area (Å²) in [5, 5.41) is 9.89. The lowest BCUT2D eigenvalue weighted by Crippen LogP contribution is -2.31. The Morgan fingerprint density at radius 2 is 2.11 bits per heavy atom. The first-order valence-electron chi connectivity index (χ1n) is 6.14. The van der Waals surface area contributed by atoms with Crippen LogP contribution in [0.25, 0.3) is 10.9 Å². The fourth-order valence-corrected chi connectivity index (χ4v) is 2.05. The molecule has 0 spiro atoms. The second-order valence-corrected chi connectivity index (χ2v) is 4.38. The third-order valence-corrected chi connectivity index (χ3v) is 2.89. The van der Waals surface area contributed by atoms with Crippen LogP contribution in [0.5, 0.6) is 0 Å². The number of halogens is 2. The topological polar surface area (TPSA) is 36.4 Å². The van der Waals surface area contributed by atoms with Crippen LogP contribution in [-0.4, -0.2) is 41.1 Å². The van der Waals surface area contributed by atoms with E-state index >= 15 is 0 Å². The van der Waals surface area contributed by atoms with Gasteiger partial charge in [-0.1, -0.05) is 12.1 Å². The van der Waals surface area contributed by atoms with Gasteiger partial charge in [-0.15, -0.1) is 0 Å². The molecule has 1 heterocycles. The molecule has 0 aliphatic rings. The Morgan fingerprint density at radius 3 is 2.84 bits per heavy atom. The summed E-state index contributed by atoms with van der Waals surface area (Å²) < 4.78 is 24.9. The van der Waals surface area contributed by atoms with Gasteiger partial charge in [-0.3, -0.25) is 9.88 Å². The van der Waals surface area contributed by atoms with E-state index in [1.165, 1.54) is 0 Å². The zero-order valence-electron chi connectivity index (χ0n) is 10.5. The number of hydrogen-bond acceptors (Lipinski definition) is 3. The number of aromatic nitrogens is 1. The molecular weight excluding hydrogens is 250 g/mol. The molecule has 19 heavy (non-hydrogen) atoms. The molecule has 0 unspecified atom stereocenters. The lowest BCUT2D eigenvalue weighted by atomic mass is 10.1. The molecule has 0 aliphatic heterocycles. The number of nitrogens with zero attached hydrogens (tertiary/aromatic N) is 2. The maximum Gasteiger partial charge on any atom is 0.251 e. The summed E-state index contributed by atoms with van der Waals surface area (Å²) in [4.78, 5) is 5.76. The van der Waals surface area contributed by atoms with Crippen molar-refractivity contribution in [3.8, 4) is 0 Å². The quantitative estimate of drug-likeness (QED) is 0.871. The highest BCUT2D eigenvalue weighted by Gasteiger charge is 2.12. The van der Waals surface area contributed by atoms with Crippen molar-refractivity contribution >= 4 is 10.9 Å². The molecule has 0 amide bonds. The molecule has 0 radical (unpaired) electrons. The minimum absolute atomic E-state index is 0.123. The lowest BCUT2D eigenvalue weighted by molar-refractivity contribution is 0.0747. The molecular formula is C14H16F2N2O. The molecule has 0 saturated heterocycles. The summed E-state index contributed by atoms with van der Waals surface area (Å²) in [5.41, 5.74) is 1.82. The Hall–Kier alpha value is -1.59. The van der Waals surface area contributed by atoms with Crippen LogP contribution in [0, 0.1) is 0 Å². The van der Waals surface area contributed by atoms with Crippen LogP contribution in [0.2, 0.25) is 0 Å². The summed E-state index contributed by atoms with van der Waals surface area (Å²) in [6, 6.07) is 9.49. The Labute approximate surface area is 110 Å². The summed E-state index contributed by atoms with van der Waals surface area (Å²) in [6.45, 7) is 0.193. The second kappa shape index (κ2) is 6.54. The predicted molar refractivity (Wildman–Crippen MR) is 70.1 cm³/mol. The second-order valence-electron chi connectivity index (χ2n) is 4.38. The minimum atomic E-state index is -2.39. The van der Waals surface area contributed by atoms with Crippen LogP contribution in [-0.2, 0) is 6.54 Å². The number of fused-ring (bicyclic) bond motifs is 1. The predicted octanol–water partition coefficient (Wildman–Crippen LogP) is 2.29. The first kappa shape index (κ1) is 13.8. The molecule has 1 N–H and O–H groups in total. The third-order valence-electron chi connectivity index (χ3n) is 2.89. The fourth-order valence-electron chi connectivity index (χ4n) is 2.05. The molecule has 2 aromatic rings. The van der Waals surface area contributed by atoms with E-state index in [2.05, 4.69) is 4.98 Å². The monoisotopic (exact) mass is 266 g/mol. The molecule has 2 rings (SSSR count). The Bertz CT molecular complexity index is 534. The van der Waals surface area contributed by atoms with E-state index in [9.17, 15) is 8.78 Å². The molecule has 0 fully saturated rings. The van der Waals surface area contributed by atoms with Crippen molar-refractivity contribution in [2.75, 3.05) is 19.7 Å². The SMILES string of the molecule is OCCN(Cc1ccc2ncccc2c1)CC(F)F.